The van der Waals surface area contributed by atoms with Crippen LogP contribution in [0.2, 0.25) is 0 Å². The Morgan fingerprint density at radius 1 is 1.20 bits per heavy atom. The van der Waals surface area contributed by atoms with Crippen LogP contribution in [-0.4, -0.2) is 23.4 Å². The number of hydrazone groups is 1. The predicted octanol–water partition coefficient (Wildman–Crippen LogP) is 4.26. The van der Waals surface area contributed by atoms with Gasteiger partial charge in [0.25, 0.3) is 0 Å². The van der Waals surface area contributed by atoms with Gasteiger partial charge in [0.15, 0.2) is 0 Å². The minimum atomic E-state index is -0.986. The quantitative estimate of drug-likeness (QED) is 0.767. The summed E-state index contributed by atoms with van der Waals surface area (Å²) in [6.45, 7) is 5.86. The van der Waals surface area contributed by atoms with Gasteiger partial charge in [0.2, 0.25) is 17.5 Å². The van der Waals surface area contributed by atoms with Crippen molar-refractivity contribution < 1.29 is 14.3 Å². The van der Waals surface area contributed by atoms with Crippen molar-refractivity contribution in [2.24, 2.45) is 5.10 Å². The lowest BCUT2D eigenvalue weighted by molar-refractivity contribution is -0.146. The summed E-state index contributed by atoms with van der Waals surface area (Å²) in [7, 11) is 0. The monoisotopic (exact) mass is 402 g/mol. The molecule has 5 nitrogen and oxygen atoms in total. The van der Waals surface area contributed by atoms with Crippen LogP contribution in [0.5, 0.6) is 5.75 Å². The van der Waals surface area contributed by atoms with Crippen molar-refractivity contribution in [2.45, 2.75) is 26.5 Å². The van der Waals surface area contributed by atoms with Crippen LogP contribution in [0.25, 0.3) is 0 Å². The molecule has 25 heavy (non-hydrogen) atoms. The van der Waals surface area contributed by atoms with Crippen LogP contribution in [-0.2, 0) is 15.3 Å². The van der Waals surface area contributed by atoms with Crippen molar-refractivity contribution in [1.29, 1.82) is 0 Å². The average molecular weight is 403 g/mol. The zero-order valence-corrected chi connectivity index (χ0v) is 15.9. The van der Waals surface area contributed by atoms with Crippen molar-refractivity contribution in [3.63, 3.8) is 0 Å². The van der Waals surface area contributed by atoms with E-state index in [-0.39, 0.29) is 5.91 Å². The second-order valence-corrected chi connectivity index (χ2v) is 6.70. The molecule has 2 aromatic rings. The van der Waals surface area contributed by atoms with Gasteiger partial charge in [-0.05, 0) is 43.3 Å². The summed E-state index contributed by atoms with van der Waals surface area (Å²) in [6, 6.07) is 15.1. The fourth-order valence-electron chi connectivity index (χ4n) is 2.73. The Kier molecular flexibility index (Phi) is 4.81. The molecular formula is C19H19BrN2O3. The van der Waals surface area contributed by atoms with Gasteiger partial charge in [0.1, 0.15) is 5.75 Å². The van der Waals surface area contributed by atoms with Crippen molar-refractivity contribution in [1.82, 2.24) is 5.01 Å². The van der Waals surface area contributed by atoms with Gasteiger partial charge in [-0.1, -0.05) is 28.1 Å². The molecule has 1 heterocycles. The molecule has 3 rings (SSSR count). The Bertz CT molecular complexity index is 802. The van der Waals surface area contributed by atoms with Crippen molar-refractivity contribution in [3.8, 4) is 5.75 Å². The number of ether oxygens (including phenoxy) is 2. The Morgan fingerprint density at radius 3 is 2.40 bits per heavy atom. The van der Waals surface area contributed by atoms with Gasteiger partial charge < -0.3 is 9.47 Å². The molecule has 0 saturated carbocycles. The van der Waals surface area contributed by atoms with E-state index in [0.717, 1.165) is 21.3 Å². The summed E-state index contributed by atoms with van der Waals surface area (Å²) >= 11 is 3.42. The van der Waals surface area contributed by atoms with E-state index in [0.29, 0.717) is 12.5 Å². The highest BCUT2D eigenvalue weighted by Gasteiger charge is 2.44. The third kappa shape index (κ3) is 3.39. The molecule has 2 aromatic carbocycles. The molecule has 1 aliphatic rings. The van der Waals surface area contributed by atoms with Gasteiger partial charge in [-0.2, -0.15) is 5.01 Å². The molecule has 0 aromatic heterocycles. The van der Waals surface area contributed by atoms with Gasteiger partial charge in [-0.3, -0.25) is 4.79 Å². The maximum atomic E-state index is 12.1. The molecule has 0 spiro atoms. The summed E-state index contributed by atoms with van der Waals surface area (Å²) in [5.74, 6) is 0.999. The maximum Gasteiger partial charge on any atom is 0.243 e. The number of carbonyl (C=O) groups excluding carboxylic acids is 1. The fourth-order valence-corrected chi connectivity index (χ4v) is 2.99. The van der Waals surface area contributed by atoms with Gasteiger partial charge in [-0.25, -0.2) is 0 Å². The van der Waals surface area contributed by atoms with Crippen molar-refractivity contribution in [2.75, 3.05) is 6.61 Å². The standard InChI is InChI=1S/C19H19BrN2O3/c1-4-24-17-11-5-14(6-12-17)18-21-22(13(2)23)19(3,25-18)15-7-9-16(20)10-8-15/h5-12H,4H2,1-3H3/t19-/m0/s1. The molecule has 0 saturated heterocycles. The Balaban J connectivity index is 1.94. The van der Waals surface area contributed by atoms with Gasteiger partial charge in [-0.15, -0.1) is 5.10 Å². The lowest BCUT2D eigenvalue weighted by atomic mass is 10.0. The highest BCUT2D eigenvalue weighted by molar-refractivity contribution is 9.10. The van der Waals surface area contributed by atoms with E-state index in [1.165, 1.54) is 11.9 Å². The molecule has 130 valence electrons. The van der Waals surface area contributed by atoms with Crippen LogP contribution in [0, 0.1) is 0 Å². The Labute approximate surface area is 155 Å². The van der Waals surface area contributed by atoms with E-state index >= 15 is 0 Å². The lowest BCUT2D eigenvalue weighted by Gasteiger charge is -2.31. The average Bonchev–Trinajstić information content (AvgIpc) is 2.95. The first kappa shape index (κ1) is 17.5. The summed E-state index contributed by atoms with van der Waals surface area (Å²) in [6.07, 6.45) is 0. The van der Waals surface area contributed by atoms with E-state index in [9.17, 15) is 4.79 Å². The Morgan fingerprint density at radius 2 is 1.84 bits per heavy atom. The first-order valence-electron chi connectivity index (χ1n) is 8.01. The molecular weight excluding hydrogens is 384 g/mol. The minimum Gasteiger partial charge on any atom is -0.494 e. The topological polar surface area (TPSA) is 51.1 Å². The van der Waals surface area contributed by atoms with E-state index in [1.54, 1.807) is 0 Å². The second-order valence-electron chi connectivity index (χ2n) is 5.79. The van der Waals surface area contributed by atoms with Crippen LogP contribution in [0.1, 0.15) is 31.9 Å². The summed E-state index contributed by atoms with van der Waals surface area (Å²) < 4.78 is 12.5. The summed E-state index contributed by atoms with van der Waals surface area (Å²) in [4.78, 5) is 12.1. The molecule has 0 bridgehead atoms. The molecule has 0 aliphatic carbocycles. The van der Waals surface area contributed by atoms with Crippen LogP contribution in [0.15, 0.2) is 58.1 Å². The third-order valence-electron chi connectivity index (χ3n) is 3.98. The van der Waals surface area contributed by atoms with E-state index in [1.807, 2.05) is 62.4 Å². The largest absolute Gasteiger partial charge is 0.494 e. The first-order valence-corrected chi connectivity index (χ1v) is 8.81. The van der Waals surface area contributed by atoms with E-state index in [4.69, 9.17) is 9.47 Å². The zero-order valence-electron chi connectivity index (χ0n) is 14.3. The van der Waals surface area contributed by atoms with Crippen LogP contribution < -0.4 is 4.74 Å². The van der Waals surface area contributed by atoms with Gasteiger partial charge in [0, 0.05) is 29.4 Å². The maximum absolute atomic E-state index is 12.1. The summed E-state index contributed by atoms with van der Waals surface area (Å²) in [5, 5.41) is 5.79. The second kappa shape index (κ2) is 6.88. The lowest BCUT2D eigenvalue weighted by Crippen LogP contribution is -2.41. The number of amides is 1. The highest BCUT2D eigenvalue weighted by atomic mass is 79.9. The van der Waals surface area contributed by atoms with Crippen LogP contribution in [0.3, 0.4) is 0 Å². The number of benzene rings is 2. The van der Waals surface area contributed by atoms with Gasteiger partial charge in [0.05, 0.1) is 6.61 Å². The van der Waals surface area contributed by atoms with Crippen molar-refractivity contribution in [3.05, 3.63) is 64.1 Å². The zero-order chi connectivity index (χ0) is 18.0. The first-order chi connectivity index (χ1) is 11.9. The third-order valence-corrected chi connectivity index (χ3v) is 4.51. The summed E-state index contributed by atoms with van der Waals surface area (Å²) in [5.41, 5.74) is 0.645. The molecule has 0 unspecified atom stereocenters. The van der Waals surface area contributed by atoms with E-state index < -0.39 is 5.72 Å². The highest BCUT2D eigenvalue weighted by Crippen LogP contribution is 2.37. The fraction of sp³-hybridized carbons (Fsp3) is 0.263. The van der Waals surface area contributed by atoms with Gasteiger partial charge >= 0.3 is 0 Å². The minimum absolute atomic E-state index is 0.189. The van der Waals surface area contributed by atoms with Crippen molar-refractivity contribution >= 4 is 27.7 Å². The molecule has 0 radical (unpaired) electrons. The molecule has 0 N–H and O–H groups in total. The number of hydrogen-bond donors (Lipinski definition) is 0. The normalized spacial score (nSPS) is 19.4. The molecule has 1 aliphatic heterocycles. The number of rotatable bonds is 4. The Hall–Kier alpha value is -2.34. The molecule has 6 heteroatoms. The smallest absolute Gasteiger partial charge is 0.243 e. The number of halogens is 1. The molecule has 1 amide bonds. The molecule has 1 atom stereocenters. The SMILES string of the molecule is CCOc1ccc(C2=NN(C(C)=O)[C@](C)(c3ccc(Br)cc3)O2)cc1. The van der Waals surface area contributed by atoms with Crippen LogP contribution >= 0.6 is 15.9 Å². The van der Waals surface area contributed by atoms with E-state index in [2.05, 4.69) is 21.0 Å². The number of carbonyl (C=O) groups is 1. The predicted molar refractivity (Wildman–Crippen MR) is 99.2 cm³/mol. The number of hydrogen-bond acceptors (Lipinski definition) is 4. The van der Waals surface area contributed by atoms with Crippen LogP contribution in [0.4, 0.5) is 0 Å². The number of nitrogens with zero attached hydrogens (tertiary/aromatic N) is 2. The molecule has 0 fully saturated rings.